The molecule has 0 amide bonds. The summed E-state index contributed by atoms with van der Waals surface area (Å²) in [5.41, 5.74) is 21.2. The normalized spacial score (nSPS) is 13.3. The Bertz CT molecular complexity index is 87.3. The van der Waals surface area contributed by atoms with Crippen molar-refractivity contribution in [3.05, 3.63) is 0 Å². The molecule has 5 heteroatoms. The van der Waals surface area contributed by atoms with Crippen LogP contribution in [0.2, 0.25) is 0 Å². The van der Waals surface area contributed by atoms with Crippen LogP contribution in [0.1, 0.15) is 33.1 Å². The number of nitrogens with two attached hydrogens (primary N) is 4. The maximum atomic E-state index is 5.50. The van der Waals surface area contributed by atoms with Gasteiger partial charge in [-0.05, 0) is 39.3 Å². The Morgan fingerprint density at radius 2 is 1.43 bits per heavy atom. The van der Waals surface area contributed by atoms with Crippen molar-refractivity contribution in [2.24, 2.45) is 22.9 Å². The van der Waals surface area contributed by atoms with Crippen LogP contribution in [0.5, 0.6) is 0 Å². The van der Waals surface area contributed by atoms with Gasteiger partial charge in [0.1, 0.15) is 0 Å². The largest absolute Gasteiger partial charge is 0.344 e. The van der Waals surface area contributed by atoms with Gasteiger partial charge in [-0.3, -0.25) is 0 Å². The van der Waals surface area contributed by atoms with Crippen LogP contribution in [0.4, 0.5) is 0 Å². The summed E-state index contributed by atoms with van der Waals surface area (Å²) in [6.45, 7) is 5.44. The van der Waals surface area contributed by atoms with E-state index in [0.717, 1.165) is 25.8 Å². The first-order valence-electron chi connectivity index (χ1n) is 4.99. The third-order valence-electron chi connectivity index (χ3n) is 1.68. The molecular weight excluding hydrogens is 178 g/mol. The Balaban J connectivity index is -0.000000163. The summed E-state index contributed by atoms with van der Waals surface area (Å²) >= 11 is 0. The third kappa shape index (κ3) is 22.6. The van der Waals surface area contributed by atoms with Gasteiger partial charge < -0.3 is 29.1 Å². The Morgan fingerprint density at radius 3 is 1.50 bits per heavy atom. The molecule has 2 unspecified atom stereocenters. The van der Waals surface area contributed by atoms with Crippen molar-refractivity contribution >= 4 is 0 Å². The van der Waals surface area contributed by atoms with Crippen molar-refractivity contribution in [3.63, 3.8) is 0 Å². The molecule has 14 heavy (non-hydrogen) atoms. The molecule has 0 bridgehead atoms. The van der Waals surface area contributed by atoms with Gasteiger partial charge in [0.05, 0.1) is 0 Å². The average molecular weight is 207 g/mol. The topological polar surface area (TPSA) is 139 Å². The molecule has 0 aliphatic carbocycles. The predicted molar refractivity (Wildman–Crippen MR) is 64.3 cm³/mol. The van der Waals surface area contributed by atoms with Crippen LogP contribution in [0, 0.1) is 0 Å². The zero-order valence-electron chi connectivity index (χ0n) is 9.71. The van der Waals surface area contributed by atoms with Crippen LogP contribution >= 0.6 is 0 Å². The van der Waals surface area contributed by atoms with Crippen LogP contribution in [-0.2, 0) is 0 Å². The summed E-state index contributed by atoms with van der Waals surface area (Å²) in [6.07, 6.45) is 2.92. The van der Waals surface area contributed by atoms with E-state index in [1.165, 1.54) is 0 Å². The standard InChI is InChI=1S/C5H14N2.C4H12N2.H3N/c1-2-5(7)3-4-6;1-4(6)2-3-5;/h5H,2-4,6-7H2,1H3;4H,2-3,5-6H2,1H3;1H3. The number of hydrogen-bond acceptors (Lipinski definition) is 5. The minimum atomic E-state index is 0. The smallest absolute Gasteiger partial charge is 0.00482 e. The SMILES string of the molecule is CC(N)CCN.CCC(N)CCN.N. The van der Waals surface area contributed by atoms with Crippen molar-refractivity contribution in [3.8, 4) is 0 Å². The summed E-state index contributed by atoms with van der Waals surface area (Å²) in [6, 6.07) is 0.597. The lowest BCUT2D eigenvalue weighted by Crippen LogP contribution is -2.22. The lowest BCUT2D eigenvalue weighted by Gasteiger charge is -2.03. The van der Waals surface area contributed by atoms with Gasteiger partial charge in [0.25, 0.3) is 0 Å². The van der Waals surface area contributed by atoms with Gasteiger partial charge in [-0.25, -0.2) is 0 Å². The van der Waals surface area contributed by atoms with E-state index in [-0.39, 0.29) is 12.2 Å². The lowest BCUT2D eigenvalue weighted by molar-refractivity contribution is 0.604. The molecule has 0 fully saturated rings. The molecule has 0 aromatic heterocycles. The van der Waals surface area contributed by atoms with Gasteiger partial charge >= 0.3 is 0 Å². The second-order valence-electron chi connectivity index (χ2n) is 3.30. The Morgan fingerprint density at radius 1 is 1.00 bits per heavy atom. The molecule has 0 aromatic carbocycles. The first-order chi connectivity index (χ1) is 6.08. The summed E-state index contributed by atoms with van der Waals surface area (Å²) < 4.78 is 0. The second kappa shape index (κ2) is 15.3. The van der Waals surface area contributed by atoms with Crippen molar-refractivity contribution < 1.29 is 0 Å². The molecule has 0 aromatic rings. The summed E-state index contributed by atoms with van der Waals surface area (Å²) in [7, 11) is 0. The van der Waals surface area contributed by atoms with E-state index >= 15 is 0 Å². The summed E-state index contributed by atoms with van der Waals surface area (Å²) in [5, 5.41) is 0. The van der Waals surface area contributed by atoms with Crippen LogP contribution in [0.25, 0.3) is 0 Å². The van der Waals surface area contributed by atoms with Gasteiger partial charge in [-0.1, -0.05) is 6.92 Å². The van der Waals surface area contributed by atoms with Crippen molar-refractivity contribution in [2.75, 3.05) is 13.1 Å². The lowest BCUT2D eigenvalue weighted by atomic mass is 10.2. The molecule has 11 N–H and O–H groups in total. The molecule has 0 saturated carbocycles. The second-order valence-corrected chi connectivity index (χ2v) is 3.30. The van der Waals surface area contributed by atoms with Gasteiger partial charge in [0.15, 0.2) is 0 Å². The molecule has 0 spiro atoms. The molecule has 5 nitrogen and oxygen atoms in total. The number of rotatable bonds is 5. The molecule has 0 radical (unpaired) electrons. The van der Waals surface area contributed by atoms with E-state index in [9.17, 15) is 0 Å². The van der Waals surface area contributed by atoms with E-state index in [2.05, 4.69) is 6.92 Å². The predicted octanol–water partition coefficient (Wildman–Crippen LogP) is -0.0831. The van der Waals surface area contributed by atoms with Crippen LogP contribution in [-0.4, -0.2) is 25.2 Å². The highest BCUT2D eigenvalue weighted by atomic mass is 14.6. The summed E-state index contributed by atoms with van der Waals surface area (Å²) in [5.74, 6) is 0. The van der Waals surface area contributed by atoms with E-state index in [4.69, 9.17) is 22.9 Å². The quantitative estimate of drug-likeness (QED) is 0.429. The van der Waals surface area contributed by atoms with Gasteiger partial charge in [0, 0.05) is 12.1 Å². The zero-order valence-corrected chi connectivity index (χ0v) is 9.71. The molecular formula is C9H29N5. The Kier molecular flexibility index (Phi) is 21.2. The Hall–Kier alpha value is -0.200. The van der Waals surface area contributed by atoms with Crippen molar-refractivity contribution in [1.29, 1.82) is 0 Å². The van der Waals surface area contributed by atoms with Gasteiger partial charge in [-0.15, -0.1) is 0 Å². The van der Waals surface area contributed by atoms with Crippen molar-refractivity contribution in [1.82, 2.24) is 6.15 Å². The first-order valence-corrected chi connectivity index (χ1v) is 4.99. The molecule has 0 aliphatic rings. The Labute approximate surface area is 88.2 Å². The fourth-order valence-electron chi connectivity index (χ4n) is 0.681. The minimum Gasteiger partial charge on any atom is -0.344 e. The fraction of sp³-hybridized carbons (Fsp3) is 1.00. The van der Waals surface area contributed by atoms with Crippen LogP contribution < -0.4 is 29.1 Å². The molecule has 0 aliphatic heterocycles. The van der Waals surface area contributed by atoms with E-state index in [1.54, 1.807) is 0 Å². The zero-order chi connectivity index (χ0) is 10.7. The van der Waals surface area contributed by atoms with E-state index in [0.29, 0.717) is 12.6 Å². The molecule has 90 valence electrons. The molecule has 2 atom stereocenters. The van der Waals surface area contributed by atoms with Crippen LogP contribution in [0.3, 0.4) is 0 Å². The summed E-state index contributed by atoms with van der Waals surface area (Å²) in [4.78, 5) is 0. The molecule has 0 rings (SSSR count). The maximum absolute atomic E-state index is 5.50. The number of hydrogen-bond donors (Lipinski definition) is 5. The van der Waals surface area contributed by atoms with Gasteiger partial charge in [0.2, 0.25) is 0 Å². The maximum Gasteiger partial charge on any atom is 0.00482 e. The minimum absolute atomic E-state index is 0. The molecule has 0 saturated heterocycles. The van der Waals surface area contributed by atoms with Crippen LogP contribution in [0.15, 0.2) is 0 Å². The average Bonchev–Trinajstić information content (AvgIpc) is 2.05. The molecule has 0 heterocycles. The van der Waals surface area contributed by atoms with Gasteiger partial charge in [-0.2, -0.15) is 0 Å². The van der Waals surface area contributed by atoms with E-state index in [1.807, 2.05) is 6.92 Å². The highest BCUT2D eigenvalue weighted by molar-refractivity contribution is 4.56. The van der Waals surface area contributed by atoms with E-state index < -0.39 is 0 Å². The van der Waals surface area contributed by atoms with Crippen molar-refractivity contribution in [2.45, 2.75) is 45.2 Å². The monoisotopic (exact) mass is 207 g/mol. The fourth-order valence-corrected chi connectivity index (χ4v) is 0.681. The highest BCUT2D eigenvalue weighted by Crippen LogP contribution is 1.88. The third-order valence-corrected chi connectivity index (χ3v) is 1.68. The highest BCUT2D eigenvalue weighted by Gasteiger charge is 1.92. The first kappa shape index (κ1) is 19.4.